The normalized spacial score (nSPS) is 11.6. The zero-order valence-corrected chi connectivity index (χ0v) is 21.3. The van der Waals surface area contributed by atoms with E-state index in [9.17, 15) is 19.5 Å². The number of aromatic nitrogens is 4. The third-order valence-electron chi connectivity index (χ3n) is 6.10. The van der Waals surface area contributed by atoms with Crippen molar-refractivity contribution in [2.24, 2.45) is 4.99 Å². The molecule has 182 valence electrons. The van der Waals surface area contributed by atoms with Crippen LogP contribution in [0.2, 0.25) is 0 Å². The molecule has 0 atom stereocenters. The van der Waals surface area contributed by atoms with Crippen LogP contribution in [0.5, 0.6) is 5.88 Å². The second-order valence-electron chi connectivity index (χ2n) is 8.04. The SMILES string of the molecule is CCN(CC)c1cc2[nH]c(=O)[nH]c2cc1N=Cc1c(O)n(-c2ccc(Br)c(C)c2C)c(=O)[nH]c1=O. The number of anilines is 1. The van der Waals surface area contributed by atoms with Gasteiger partial charge in [-0.05, 0) is 63.1 Å². The molecule has 0 fully saturated rings. The average Bonchev–Trinajstić information content (AvgIpc) is 3.18. The lowest BCUT2D eigenvalue weighted by atomic mass is 10.1. The Morgan fingerprint density at radius 2 is 1.69 bits per heavy atom. The minimum atomic E-state index is -0.764. The van der Waals surface area contributed by atoms with E-state index >= 15 is 0 Å². The molecule has 4 aromatic rings. The Kier molecular flexibility index (Phi) is 6.53. The third kappa shape index (κ3) is 4.34. The highest BCUT2D eigenvalue weighted by Gasteiger charge is 2.18. The van der Waals surface area contributed by atoms with Crippen molar-refractivity contribution in [3.05, 3.63) is 76.8 Å². The summed E-state index contributed by atoms with van der Waals surface area (Å²) < 4.78 is 1.91. The van der Waals surface area contributed by atoms with E-state index in [2.05, 4.69) is 40.8 Å². The first-order chi connectivity index (χ1) is 16.7. The van der Waals surface area contributed by atoms with Crippen LogP contribution in [0.15, 0.2) is 48.1 Å². The summed E-state index contributed by atoms with van der Waals surface area (Å²) in [5, 5.41) is 11.0. The lowest BCUT2D eigenvalue weighted by molar-refractivity contribution is 0.430. The van der Waals surface area contributed by atoms with Gasteiger partial charge in [-0.15, -0.1) is 0 Å². The maximum Gasteiger partial charge on any atom is 0.335 e. The Balaban J connectivity index is 1.90. The molecule has 2 aromatic carbocycles. The molecule has 0 spiro atoms. The van der Waals surface area contributed by atoms with Gasteiger partial charge in [0.05, 0.1) is 28.1 Å². The molecule has 35 heavy (non-hydrogen) atoms. The molecule has 0 amide bonds. The Bertz CT molecular complexity index is 1640. The van der Waals surface area contributed by atoms with Crippen molar-refractivity contribution in [3.8, 4) is 11.6 Å². The molecule has 0 radical (unpaired) electrons. The van der Waals surface area contributed by atoms with E-state index in [-0.39, 0.29) is 11.3 Å². The first-order valence-corrected chi connectivity index (χ1v) is 11.8. The first-order valence-electron chi connectivity index (χ1n) is 11.1. The van der Waals surface area contributed by atoms with Crippen molar-refractivity contribution in [2.75, 3.05) is 18.0 Å². The minimum Gasteiger partial charge on any atom is -0.493 e. The third-order valence-corrected chi connectivity index (χ3v) is 6.96. The number of nitrogens with zero attached hydrogens (tertiary/aromatic N) is 3. The van der Waals surface area contributed by atoms with Gasteiger partial charge < -0.3 is 20.0 Å². The van der Waals surface area contributed by atoms with E-state index in [1.165, 1.54) is 6.21 Å². The van der Waals surface area contributed by atoms with E-state index in [1.54, 1.807) is 18.2 Å². The molecular weight excluding hydrogens is 516 g/mol. The molecule has 2 heterocycles. The molecule has 0 saturated heterocycles. The average molecular weight is 541 g/mol. The van der Waals surface area contributed by atoms with Crippen LogP contribution in [-0.4, -0.2) is 43.9 Å². The van der Waals surface area contributed by atoms with Gasteiger partial charge >= 0.3 is 11.4 Å². The van der Waals surface area contributed by atoms with Gasteiger partial charge in [-0.1, -0.05) is 15.9 Å². The number of aliphatic imine (C=N–C) groups is 1. The van der Waals surface area contributed by atoms with E-state index in [4.69, 9.17) is 0 Å². The van der Waals surface area contributed by atoms with E-state index in [1.807, 2.05) is 33.8 Å². The summed E-state index contributed by atoms with van der Waals surface area (Å²) in [6.45, 7) is 9.08. The van der Waals surface area contributed by atoms with Crippen molar-refractivity contribution in [3.63, 3.8) is 0 Å². The number of aromatic amines is 3. The van der Waals surface area contributed by atoms with Crippen LogP contribution in [0.1, 0.15) is 30.5 Å². The lowest BCUT2D eigenvalue weighted by Crippen LogP contribution is -2.31. The number of benzene rings is 2. The van der Waals surface area contributed by atoms with Crippen LogP contribution in [0, 0.1) is 13.8 Å². The standard InChI is InChI=1S/C24H25BrN6O4/c1-5-30(6-2)20-10-17-16(27-23(34)28-17)9-18(20)26-11-14-21(32)29-24(35)31(22(14)33)19-8-7-15(25)12(3)13(19)4/h7-11,33H,5-6H2,1-4H3,(H2,27,28,34)(H,29,32,35). The lowest BCUT2D eigenvalue weighted by Gasteiger charge is -2.22. The molecule has 0 saturated carbocycles. The molecular formula is C24H25BrN6O4. The highest BCUT2D eigenvalue weighted by Crippen LogP contribution is 2.32. The van der Waals surface area contributed by atoms with Crippen molar-refractivity contribution < 1.29 is 5.11 Å². The maximum absolute atomic E-state index is 12.7. The zero-order valence-electron chi connectivity index (χ0n) is 19.7. The fourth-order valence-corrected chi connectivity index (χ4v) is 4.44. The predicted molar refractivity (Wildman–Crippen MR) is 141 cm³/mol. The smallest absolute Gasteiger partial charge is 0.335 e. The zero-order chi connectivity index (χ0) is 25.4. The van der Waals surface area contributed by atoms with Gasteiger partial charge in [0, 0.05) is 23.8 Å². The van der Waals surface area contributed by atoms with Crippen LogP contribution < -0.4 is 21.8 Å². The van der Waals surface area contributed by atoms with Gasteiger partial charge in [-0.2, -0.15) is 0 Å². The predicted octanol–water partition coefficient (Wildman–Crippen LogP) is 3.38. The van der Waals surface area contributed by atoms with Crippen molar-refractivity contribution >= 4 is 44.6 Å². The number of halogens is 1. The molecule has 11 heteroatoms. The van der Waals surface area contributed by atoms with Gasteiger partial charge in [0.1, 0.15) is 5.56 Å². The molecule has 0 aliphatic heterocycles. The summed E-state index contributed by atoms with van der Waals surface area (Å²) in [4.78, 5) is 51.3. The number of aromatic hydroxyl groups is 1. The van der Waals surface area contributed by atoms with E-state index < -0.39 is 17.1 Å². The van der Waals surface area contributed by atoms with Gasteiger partial charge in [-0.25, -0.2) is 14.2 Å². The van der Waals surface area contributed by atoms with E-state index in [0.717, 1.165) is 25.9 Å². The molecule has 0 unspecified atom stereocenters. The highest BCUT2D eigenvalue weighted by molar-refractivity contribution is 9.10. The number of fused-ring (bicyclic) bond motifs is 1. The quantitative estimate of drug-likeness (QED) is 0.277. The van der Waals surface area contributed by atoms with Gasteiger partial charge in [-0.3, -0.25) is 14.8 Å². The summed E-state index contributed by atoms with van der Waals surface area (Å²) in [5.41, 5.74) is 2.49. The first kappa shape index (κ1) is 24.3. The Morgan fingerprint density at radius 3 is 2.34 bits per heavy atom. The summed E-state index contributed by atoms with van der Waals surface area (Å²) >= 11 is 3.46. The van der Waals surface area contributed by atoms with Gasteiger partial charge in [0.2, 0.25) is 5.88 Å². The van der Waals surface area contributed by atoms with Crippen molar-refractivity contribution in [2.45, 2.75) is 27.7 Å². The van der Waals surface area contributed by atoms with Crippen LogP contribution in [0.4, 0.5) is 11.4 Å². The Morgan fingerprint density at radius 1 is 1.03 bits per heavy atom. The minimum absolute atomic E-state index is 0.169. The van der Waals surface area contributed by atoms with E-state index in [0.29, 0.717) is 35.5 Å². The number of nitrogens with one attached hydrogen (secondary N) is 3. The molecule has 4 rings (SSSR count). The summed E-state index contributed by atoms with van der Waals surface area (Å²) in [6, 6.07) is 6.96. The molecule has 0 aliphatic carbocycles. The molecule has 10 nitrogen and oxygen atoms in total. The molecule has 0 bridgehead atoms. The maximum atomic E-state index is 12.7. The number of hydrogen-bond acceptors (Lipinski definition) is 6. The summed E-state index contributed by atoms with van der Waals surface area (Å²) in [7, 11) is 0. The molecule has 4 N–H and O–H groups in total. The van der Waals surface area contributed by atoms with Crippen molar-refractivity contribution in [1.29, 1.82) is 0 Å². The number of rotatable bonds is 6. The Hall–Kier alpha value is -3.86. The number of imidazole rings is 1. The van der Waals surface area contributed by atoms with Gasteiger partial charge in [0.25, 0.3) is 5.56 Å². The molecule has 0 aliphatic rings. The number of hydrogen-bond donors (Lipinski definition) is 4. The van der Waals surface area contributed by atoms with Crippen molar-refractivity contribution in [1.82, 2.24) is 19.5 Å². The summed E-state index contributed by atoms with van der Waals surface area (Å²) in [5.74, 6) is -0.521. The largest absolute Gasteiger partial charge is 0.493 e. The topological polar surface area (TPSA) is 139 Å². The summed E-state index contributed by atoms with van der Waals surface area (Å²) in [6.07, 6.45) is 1.23. The highest BCUT2D eigenvalue weighted by atomic mass is 79.9. The second kappa shape index (κ2) is 9.41. The van der Waals surface area contributed by atoms with Gasteiger partial charge in [0.15, 0.2) is 0 Å². The van der Waals surface area contributed by atoms with Crippen LogP contribution >= 0.6 is 15.9 Å². The van der Waals surface area contributed by atoms with Crippen LogP contribution in [-0.2, 0) is 0 Å². The van der Waals surface area contributed by atoms with Crippen LogP contribution in [0.3, 0.4) is 0 Å². The second-order valence-corrected chi connectivity index (χ2v) is 8.90. The van der Waals surface area contributed by atoms with Crippen LogP contribution in [0.25, 0.3) is 16.7 Å². The fraction of sp³-hybridized carbons (Fsp3) is 0.250. The fourth-order valence-electron chi connectivity index (χ4n) is 4.01. The monoisotopic (exact) mass is 540 g/mol. The number of H-pyrrole nitrogens is 3. The molecule has 2 aromatic heterocycles. The Labute approximate surface area is 208 Å².